The van der Waals surface area contributed by atoms with Crippen LogP contribution >= 0.6 is 11.8 Å². The number of amides is 2. The lowest BCUT2D eigenvalue weighted by Crippen LogP contribution is -2.56. The van der Waals surface area contributed by atoms with E-state index >= 15 is 0 Å². The first-order valence-electron chi connectivity index (χ1n) is 12.2. The van der Waals surface area contributed by atoms with Crippen molar-refractivity contribution in [1.82, 2.24) is 4.90 Å². The molecule has 0 aromatic heterocycles. The Hall–Kier alpha value is -2.58. The summed E-state index contributed by atoms with van der Waals surface area (Å²) in [5.41, 5.74) is 2.82. The van der Waals surface area contributed by atoms with E-state index in [4.69, 9.17) is 4.74 Å². The Balaban J connectivity index is 1.69. The Kier molecular flexibility index (Phi) is 5.87. The topological polar surface area (TPSA) is 87.2 Å². The van der Waals surface area contributed by atoms with Gasteiger partial charge in [0.15, 0.2) is 0 Å². The average Bonchev–Trinajstić information content (AvgIpc) is 3.14. The molecule has 1 unspecified atom stereocenters. The summed E-state index contributed by atoms with van der Waals surface area (Å²) in [6.45, 7) is 8.03. The second-order valence-corrected chi connectivity index (χ2v) is 12.1. The molecule has 2 saturated heterocycles. The van der Waals surface area contributed by atoms with Gasteiger partial charge in [-0.25, -0.2) is 0 Å². The van der Waals surface area contributed by atoms with Crippen molar-refractivity contribution in [1.29, 1.82) is 0 Å². The summed E-state index contributed by atoms with van der Waals surface area (Å²) in [6.07, 6.45) is 8.58. The summed E-state index contributed by atoms with van der Waals surface area (Å²) in [6, 6.07) is 4.57. The first-order valence-corrected chi connectivity index (χ1v) is 13.0. The molecular weight excluding hydrogens is 464 g/mol. The molecule has 0 saturated carbocycles. The van der Waals surface area contributed by atoms with E-state index in [0.717, 1.165) is 16.8 Å². The molecule has 8 heteroatoms. The molecule has 2 fully saturated rings. The number of ether oxygens (including phenoxy) is 1. The molecule has 5 rings (SSSR count). The molecule has 2 amide bonds. The minimum Gasteiger partial charge on any atom is -0.465 e. The predicted octanol–water partition coefficient (Wildman–Crippen LogP) is 2.78. The number of aliphatic hydroxyl groups excluding tert-OH is 1. The molecule has 7 nitrogen and oxygen atoms in total. The molecule has 1 aromatic rings. The highest BCUT2D eigenvalue weighted by Crippen LogP contribution is 2.65. The number of rotatable bonds is 3. The molecule has 4 aliphatic rings. The smallest absolute Gasteiger partial charge is 0.311 e. The van der Waals surface area contributed by atoms with Crippen LogP contribution in [0.15, 0.2) is 42.5 Å². The average molecular weight is 497 g/mol. The van der Waals surface area contributed by atoms with Crippen LogP contribution in [-0.2, 0) is 19.1 Å². The number of fused-ring (bicyclic) bond motifs is 2. The highest BCUT2D eigenvalue weighted by molar-refractivity contribution is 8.02. The summed E-state index contributed by atoms with van der Waals surface area (Å²) < 4.78 is 3.91. The minimum atomic E-state index is -0.947. The van der Waals surface area contributed by atoms with Crippen LogP contribution in [0.2, 0.25) is 0 Å². The van der Waals surface area contributed by atoms with Crippen LogP contribution in [0.3, 0.4) is 0 Å². The van der Waals surface area contributed by atoms with E-state index in [2.05, 4.69) is 0 Å². The van der Waals surface area contributed by atoms with Crippen molar-refractivity contribution in [2.75, 3.05) is 24.7 Å². The van der Waals surface area contributed by atoms with Crippen molar-refractivity contribution in [3.63, 3.8) is 0 Å². The number of aryl methyl sites for hydroxylation is 2. The van der Waals surface area contributed by atoms with E-state index in [1.54, 1.807) is 11.8 Å². The Morgan fingerprint density at radius 1 is 1.14 bits per heavy atom. The number of carbonyl (C=O) groups excluding carboxylic acids is 3. The highest BCUT2D eigenvalue weighted by Gasteiger charge is 2.74. The Bertz CT molecular complexity index is 1150. The number of cyclic esters (lactones) is 1. The van der Waals surface area contributed by atoms with Gasteiger partial charge in [0.25, 0.3) is 5.91 Å². The number of esters is 1. The summed E-state index contributed by atoms with van der Waals surface area (Å²) in [7, 11) is 0. The van der Waals surface area contributed by atoms with Crippen LogP contribution < -0.4 is 4.90 Å². The summed E-state index contributed by atoms with van der Waals surface area (Å²) in [4.78, 5) is 45.0. The van der Waals surface area contributed by atoms with E-state index in [1.807, 2.05) is 63.3 Å². The first kappa shape index (κ1) is 24.1. The monoisotopic (exact) mass is 496 g/mol. The van der Waals surface area contributed by atoms with Crippen LogP contribution in [-0.4, -0.2) is 69.1 Å². The largest absolute Gasteiger partial charge is 0.465 e. The normalized spacial score (nSPS) is 35.1. The maximum absolute atomic E-state index is 14.4. The van der Waals surface area contributed by atoms with Gasteiger partial charge < -0.3 is 19.6 Å². The number of thioether (sulfide) groups is 1. The van der Waals surface area contributed by atoms with Crippen molar-refractivity contribution in [2.45, 2.75) is 55.7 Å². The van der Waals surface area contributed by atoms with Gasteiger partial charge in [-0.3, -0.25) is 14.4 Å². The summed E-state index contributed by atoms with van der Waals surface area (Å²) in [5, 5.41) is 10.1. The third-order valence-corrected chi connectivity index (χ3v) is 9.65. The van der Waals surface area contributed by atoms with Gasteiger partial charge in [0, 0.05) is 17.0 Å². The van der Waals surface area contributed by atoms with Crippen molar-refractivity contribution in [2.24, 2.45) is 11.8 Å². The van der Waals surface area contributed by atoms with Crippen molar-refractivity contribution < 1.29 is 24.2 Å². The maximum Gasteiger partial charge on any atom is 0.311 e. The highest BCUT2D eigenvalue weighted by atomic mass is 32.2. The van der Waals surface area contributed by atoms with E-state index in [1.165, 1.54) is 16.7 Å². The lowest BCUT2D eigenvalue weighted by atomic mass is 9.74. The number of benzene rings is 1. The van der Waals surface area contributed by atoms with Crippen molar-refractivity contribution >= 4 is 35.2 Å². The van der Waals surface area contributed by atoms with Crippen LogP contribution in [0.4, 0.5) is 5.69 Å². The molecule has 0 bridgehead atoms. The van der Waals surface area contributed by atoms with Gasteiger partial charge in [-0.15, -0.1) is 11.8 Å². The lowest BCUT2D eigenvalue weighted by Gasteiger charge is -2.39. The van der Waals surface area contributed by atoms with Gasteiger partial charge in [-0.1, -0.05) is 36.4 Å². The van der Waals surface area contributed by atoms with Gasteiger partial charge in [0.2, 0.25) is 5.91 Å². The molecule has 6 atom stereocenters. The fraction of sp³-hybridized carbons (Fsp3) is 0.519. The number of aliphatic hydroxyl groups is 1. The van der Waals surface area contributed by atoms with Crippen molar-refractivity contribution in [3.05, 3.63) is 53.6 Å². The zero-order valence-electron chi connectivity index (χ0n) is 20.6. The number of likely N-dealkylation sites (tertiary alicyclic amines) is 1. The zero-order chi connectivity index (χ0) is 25.1. The lowest BCUT2D eigenvalue weighted by molar-refractivity contribution is -0.154. The van der Waals surface area contributed by atoms with Crippen molar-refractivity contribution in [3.8, 4) is 0 Å². The number of hydrogen-bond donors (Lipinski definition) is 1. The van der Waals surface area contributed by atoms with Gasteiger partial charge >= 0.3 is 5.97 Å². The second kappa shape index (κ2) is 8.52. The Morgan fingerprint density at radius 2 is 1.91 bits per heavy atom. The number of nitrogens with zero attached hydrogens (tertiary/aromatic N) is 2. The van der Waals surface area contributed by atoms with Crippen LogP contribution in [0.25, 0.3) is 0 Å². The fourth-order valence-electron chi connectivity index (χ4n) is 6.22. The zero-order valence-corrected chi connectivity index (χ0v) is 21.4. The third-order valence-electron chi connectivity index (χ3n) is 7.85. The van der Waals surface area contributed by atoms with Crippen LogP contribution in [0.5, 0.6) is 0 Å². The Morgan fingerprint density at radius 3 is 2.66 bits per heavy atom. The summed E-state index contributed by atoms with van der Waals surface area (Å²) in [5.74, 6) is -2.34. The second-order valence-electron chi connectivity index (χ2n) is 10.3. The third kappa shape index (κ3) is 3.48. The summed E-state index contributed by atoms with van der Waals surface area (Å²) >= 11 is 1.52. The van der Waals surface area contributed by atoms with E-state index in [-0.39, 0.29) is 25.0 Å². The standard InChI is InChI=1S/C27H32N2O5S/c1-16-8-9-17(2)19(14-16)28-12-7-11-27-20(23(31)29(18(3)15-30)22(27)24(28)32)21-25(33)34-13-6-5-10-26(21,4)35-27/h5,7-11,14,18,20-22,30H,6,12-13,15H2,1-4H3/t18-,20+,21-,22?,26+,27+/m1/s1. The molecule has 1 spiro atoms. The predicted molar refractivity (Wildman–Crippen MR) is 135 cm³/mol. The quantitative estimate of drug-likeness (QED) is 0.512. The molecule has 186 valence electrons. The molecule has 4 heterocycles. The SMILES string of the molecule is Cc1ccc(C)c(N2CC=C[C@]34S[C@@]5(C)C=CCCOC(=O)[C@H]5[C@H]3C(=O)N([C@H](C)CO)C4C2=O)c1. The molecule has 1 N–H and O–H groups in total. The molecule has 1 aromatic carbocycles. The molecule has 0 aliphatic carbocycles. The van der Waals surface area contributed by atoms with Gasteiger partial charge in [-0.2, -0.15) is 0 Å². The van der Waals surface area contributed by atoms with Gasteiger partial charge in [-0.05, 0) is 51.3 Å². The van der Waals surface area contributed by atoms with E-state index in [0.29, 0.717) is 13.0 Å². The molecule has 35 heavy (non-hydrogen) atoms. The number of carbonyl (C=O) groups is 3. The van der Waals surface area contributed by atoms with Crippen LogP contribution in [0, 0.1) is 25.7 Å². The van der Waals surface area contributed by atoms with E-state index in [9.17, 15) is 19.5 Å². The Labute approximate surface area is 210 Å². The number of hydrogen-bond acceptors (Lipinski definition) is 6. The van der Waals surface area contributed by atoms with E-state index < -0.39 is 39.4 Å². The maximum atomic E-state index is 14.4. The van der Waals surface area contributed by atoms with Crippen LogP contribution in [0.1, 0.15) is 31.4 Å². The number of anilines is 1. The first-order chi connectivity index (χ1) is 16.6. The molecular formula is C27H32N2O5S. The molecule has 4 aliphatic heterocycles. The van der Waals surface area contributed by atoms with Gasteiger partial charge in [0.1, 0.15) is 6.04 Å². The molecule has 0 radical (unpaired) electrons. The minimum absolute atomic E-state index is 0.192. The fourth-order valence-corrected chi connectivity index (χ4v) is 8.36. The van der Waals surface area contributed by atoms with Gasteiger partial charge in [0.05, 0.1) is 35.8 Å².